The van der Waals surface area contributed by atoms with Crippen molar-refractivity contribution < 1.29 is 14.0 Å². The van der Waals surface area contributed by atoms with Gasteiger partial charge >= 0.3 is 11.7 Å². The van der Waals surface area contributed by atoms with Crippen LogP contribution in [0.5, 0.6) is 0 Å². The second kappa shape index (κ2) is 5.97. The number of carbonyl (C=O) groups is 2. The van der Waals surface area contributed by atoms with E-state index in [1.165, 1.54) is 11.0 Å². The molecule has 136 valence electrons. The average molecular weight is 354 g/mol. The van der Waals surface area contributed by atoms with Crippen LogP contribution in [0.15, 0.2) is 33.5 Å². The SMILES string of the molecule is Cc1ccc2c(CN3C(=O)N[C@]4(CCCC[C@H]4C)C3=O)cc(=O)oc2c1. The number of benzene rings is 1. The van der Waals surface area contributed by atoms with E-state index in [4.69, 9.17) is 4.42 Å². The molecule has 0 unspecified atom stereocenters. The molecule has 1 aromatic carbocycles. The van der Waals surface area contributed by atoms with Gasteiger partial charge in [0.25, 0.3) is 5.91 Å². The summed E-state index contributed by atoms with van der Waals surface area (Å²) in [5.74, 6) is -0.0684. The fourth-order valence-corrected chi connectivity index (χ4v) is 4.28. The Kier molecular flexibility index (Phi) is 3.86. The number of imide groups is 1. The van der Waals surface area contributed by atoms with E-state index in [0.29, 0.717) is 17.6 Å². The van der Waals surface area contributed by atoms with Crippen LogP contribution in [-0.4, -0.2) is 22.4 Å². The van der Waals surface area contributed by atoms with E-state index < -0.39 is 11.2 Å². The number of carbonyl (C=O) groups excluding carboxylic acids is 2. The highest BCUT2D eigenvalue weighted by Crippen LogP contribution is 2.38. The summed E-state index contributed by atoms with van der Waals surface area (Å²) in [6, 6.07) is 6.56. The van der Waals surface area contributed by atoms with Crippen molar-refractivity contribution in [2.24, 2.45) is 5.92 Å². The van der Waals surface area contributed by atoms with Crippen LogP contribution in [0.1, 0.15) is 43.7 Å². The van der Waals surface area contributed by atoms with Crippen molar-refractivity contribution in [1.29, 1.82) is 0 Å². The van der Waals surface area contributed by atoms with Crippen LogP contribution in [0.3, 0.4) is 0 Å². The molecular formula is C20H22N2O4. The number of hydrogen-bond donors (Lipinski definition) is 1. The third-order valence-corrected chi connectivity index (χ3v) is 5.82. The molecule has 1 saturated carbocycles. The molecule has 1 aromatic heterocycles. The van der Waals surface area contributed by atoms with Crippen LogP contribution >= 0.6 is 0 Å². The van der Waals surface area contributed by atoms with Crippen molar-refractivity contribution >= 4 is 22.9 Å². The van der Waals surface area contributed by atoms with Gasteiger partial charge in [0.05, 0.1) is 6.54 Å². The number of aryl methyl sites for hydroxylation is 1. The maximum atomic E-state index is 13.1. The minimum absolute atomic E-state index is 0.0737. The minimum Gasteiger partial charge on any atom is -0.423 e. The van der Waals surface area contributed by atoms with Crippen LogP contribution < -0.4 is 10.9 Å². The zero-order chi connectivity index (χ0) is 18.5. The summed E-state index contributed by atoms with van der Waals surface area (Å²) in [6.07, 6.45) is 3.61. The summed E-state index contributed by atoms with van der Waals surface area (Å²) in [7, 11) is 0. The highest BCUT2D eigenvalue weighted by Gasteiger charge is 2.54. The number of amides is 3. The predicted molar refractivity (Wildman–Crippen MR) is 96.7 cm³/mol. The molecule has 6 nitrogen and oxygen atoms in total. The molecule has 1 N–H and O–H groups in total. The lowest BCUT2D eigenvalue weighted by molar-refractivity contribution is -0.134. The van der Waals surface area contributed by atoms with Crippen LogP contribution in [0.25, 0.3) is 11.0 Å². The zero-order valence-corrected chi connectivity index (χ0v) is 15.0. The molecule has 3 amide bonds. The maximum Gasteiger partial charge on any atom is 0.336 e. The summed E-state index contributed by atoms with van der Waals surface area (Å²) in [4.78, 5) is 38.9. The highest BCUT2D eigenvalue weighted by atomic mass is 16.4. The van der Waals surface area contributed by atoms with Gasteiger partial charge in [-0.1, -0.05) is 31.9 Å². The van der Waals surface area contributed by atoms with Gasteiger partial charge in [-0.15, -0.1) is 0 Å². The van der Waals surface area contributed by atoms with E-state index in [0.717, 1.165) is 30.2 Å². The topological polar surface area (TPSA) is 79.6 Å². The molecule has 6 heteroatoms. The van der Waals surface area contributed by atoms with E-state index >= 15 is 0 Å². The molecular weight excluding hydrogens is 332 g/mol. The molecule has 0 radical (unpaired) electrons. The first-order chi connectivity index (χ1) is 12.4. The molecule has 1 aliphatic carbocycles. The van der Waals surface area contributed by atoms with Crippen molar-refractivity contribution in [3.63, 3.8) is 0 Å². The molecule has 4 rings (SSSR count). The minimum atomic E-state index is -0.791. The first kappa shape index (κ1) is 16.8. The number of fused-ring (bicyclic) bond motifs is 1. The number of nitrogens with zero attached hydrogens (tertiary/aromatic N) is 1. The Morgan fingerprint density at radius 3 is 2.81 bits per heavy atom. The van der Waals surface area contributed by atoms with Crippen molar-refractivity contribution in [2.75, 3.05) is 0 Å². The van der Waals surface area contributed by atoms with Gasteiger partial charge in [0, 0.05) is 11.5 Å². The molecule has 0 bridgehead atoms. The van der Waals surface area contributed by atoms with Gasteiger partial charge in [0.2, 0.25) is 0 Å². The highest BCUT2D eigenvalue weighted by molar-refractivity contribution is 6.07. The van der Waals surface area contributed by atoms with Crippen molar-refractivity contribution in [1.82, 2.24) is 10.2 Å². The second-order valence-corrected chi connectivity index (χ2v) is 7.53. The van der Waals surface area contributed by atoms with Gasteiger partial charge in [0.15, 0.2) is 0 Å². The molecule has 2 heterocycles. The third kappa shape index (κ3) is 2.52. The van der Waals surface area contributed by atoms with Crippen molar-refractivity contribution in [3.8, 4) is 0 Å². The normalized spacial score (nSPS) is 25.9. The monoisotopic (exact) mass is 354 g/mol. The summed E-state index contributed by atoms with van der Waals surface area (Å²) < 4.78 is 5.27. The summed E-state index contributed by atoms with van der Waals surface area (Å²) in [6.45, 7) is 4.01. The molecule has 1 aliphatic heterocycles. The van der Waals surface area contributed by atoms with Crippen LogP contribution in [0, 0.1) is 12.8 Å². The third-order valence-electron chi connectivity index (χ3n) is 5.82. The molecule has 2 fully saturated rings. The largest absolute Gasteiger partial charge is 0.423 e. The number of rotatable bonds is 2. The van der Waals surface area contributed by atoms with Gasteiger partial charge in [-0.3, -0.25) is 9.69 Å². The standard InChI is InChI=1S/C20H22N2O4/c1-12-6-7-15-14(10-17(23)26-16(15)9-12)11-22-18(24)20(21-19(22)25)8-4-3-5-13(20)2/h6-7,9-10,13H,3-5,8,11H2,1-2H3,(H,21,25)/t13-,20+/m1/s1. The Hall–Kier alpha value is -2.63. The molecule has 2 atom stereocenters. The Balaban J connectivity index is 1.72. The molecule has 1 spiro atoms. The van der Waals surface area contributed by atoms with Crippen molar-refractivity contribution in [2.45, 2.75) is 51.6 Å². The van der Waals surface area contributed by atoms with Crippen molar-refractivity contribution in [3.05, 3.63) is 45.8 Å². The average Bonchev–Trinajstić information content (AvgIpc) is 2.82. The number of urea groups is 1. The van der Waals surface area contributed by atoms with Gasteiger partial charge < -0.3 is 9.73 Å². The first-order valence-electron chi connectivity index (χ1n) is 9.08. The van der Waals surface area contributed by atoms with Gasteiger partial charge in [-0.05, 0) is 42.9 Å². The van der Waals surface area contributed by atoms with Gasteiger partial charge in [0.1, 0.15) is 11.1 Å². The van der Waals surface area contributed by atoms with Gasteiger partial charge in [-0.2, -0.15) is 0 Å². The zero-order valence-electron chi connectivity index (χ0n) is 15.0. The molecule has 2 aromatic rings. The fourth-order valence-electron chi connectivity index (χ4n) is 4.28. The first-order valence-corrected chi connectivity index (χ1v) is 9.08. The number of hydrogen-bond acceptors (Lipinski definition) is 4. The maximum absolute atomic E-state index is 13.1. The van der Waals surface area contributed by atoms with Gasteiger partial charge in [-0.25, -0.2) is 9.59 Å². The van der Waals surface area contributed by atoms with E-state index in [-0.39, 0.29) is 24.4 Å². The fraction of sp³-hybridized carbons (Fsp3) is 0.450. The Labute approximate surface area is 151 Å². The van der Waals surface area contributed by atoms with E-state index in [9.17, 15) is 14.4 Å². The Morgan fingerprint density at radius 2 is 2.04 bits per heavy atom. The lowest BCUT2D eigenvalue weighted by atomic mass is 9.73. The summed E-state index contributed by atoms with van der Waals surface area (Å²) >= 11 is 0. The molecule has 2 aliphatic rings. The summed E-state index contributed by atoms with van der Waals surface area (Å²) in [5.41, 5.74) is 0.801. The van der Waals surface area contributed by atoms with E-state index in [2.05, 4.69) is 5.32 Å². The second-order valence-electron chi connectivity index (χ2n) is 7.53. The van der Waals surface area contributed by atoms with E-state index in [1.807, 2.05) is 26.0 Å². The number of nitrogens with one attached hydrogen (secondary N) is 1. The Morgan fingerprint density at radius 1 is 1.23 bits per heavy atom. The van der Waals surface area contributed by atoms with Crippen LogP contribution in [0.2, 0.25) is 0 Å². The van der Waals surface area contributed by atoms with Crippen LogP contribution in [0.4, 0.5) is 4.79 Å². The molecule has 1 saturated heterocycles. The van der Waals surface area contributed by atoms with E-state index in [1.54, 1.807) is 6.07 Å². The predicted octanol–water partition coefficient (Wildman–Crippen LogP) is 3.10. The lowest BCUT2D eigenvalue weighted by Gasteiger charge is -2.36. The Bertz CT molecular complexity index is 964. The lowest BCUT2D eigenvalue weighted by Crippen LogP contribution is -2.53. The smallest absolute Gasteiger partial charge is 0.336 e. The quantitative estimate of drug-likeness (QED) is 0.664. The van der Waals surface area contributed by atoms with Crippen LogP contribution in [-0.2, 0) is 11.3 Å². The molecule has 26 heavy (non-hydrogen) atoms. The summed E-state index contributed by atoms with van der Waals surface area (Å²) in [5, 5.41) is 3.69.